The minimum Gasteiger partial charge on any atom is -0.378 e. The van der Waals surface area contributed by atoms with Gasteiger partial charge in [0.2, 0.25) is 0 Å². The fraction of sp³-hybridized carbons (Fsp3) is 0.400. The minimum atomic E-state index is 0. The van der Waals surface area contributed by atoms with Crippen LogP contribution in [-0.4, -0.2) is 48.7 Å². The standard InChI is InChI=1S/C15H19BrN4O.HI/c16-12-2-1-3-13-14(12)11(10-19-13)4-5-18-15(17)20-6-8-21-9-7-20;/h1-3,10,19H,4-9H2,(H2,17,18);1H. The second-order valence-corrected chi connectivity index (χ2v) is 5.92. The zero-order valence-corrected chi connectivity index (χ0v) is 16.1. The van der Waals surface area contributed by atoms with Crippen molar-refractivity contribution in [3.63, 3.8) is 0 Å². The molecule has 0 bridgehead atoms. The zero-order chi connectivity index (χ0) is 14.7. The van der Waals surface area contributed by atoms with Crippen molar-refractivity contribution in [3.05, 3.63) is 34.4 Å². The topological polar surface area (TPSA) is 66.6 Å². The molecular weight excluding hydrogens is 459 g/mol. The van der Waals surface area contributed by atoms with Crippen LogP contribution in [0.5, 0.6) is 0 Å². The van der Waals surface area contributed by atoms with Crippen LogP contribution in [0.3, 0.4) is 0 Å². The normalized spacial score (nSPS) is 15.9. The summed E-state index contributed by atoms with van der Waals surface area (Å²) in [5, 5.41) is 1.23. The van der Waals surface area contributed by atoms with Crippen LogP contribution in [0.4, 0.5) is 0 Å². The van der Waals surface area contributed by atoms with E-state index in [2.05, 4.69) is 49.1 Å². The number of hydrogen-bond acceptors (Lipinski definition) is 2. The van der Waals surface area contributed by atoms with Gasteiger partial charge in [-0.2, -0.15) is 0 Å². The first-order chi connectivity index (χ1) is 10.3. The number of hydrogen-bond donors (Lipinski definition) is 2. The number of morpholine rings is 1. The van der Waals surface area contributed by atoms with Gasteiger partial charge in [0, 0.05) is 41.2 Å². The molecule has 3 N–H and O–H groups in total. The van der Waals surface area contributed by atoms with Crippen molar-refractivity contribution in [2.45, 2.75) is 6.42 Å². The summed E-state index contributed by atoms with van der Waals surface area (Å²) in [6.07, 6.45) is 2.92. The number of guanidine groups is 1. The zero-order valence-electron chi connectivity index (χ0n) is 12.2. The Morgan fingerprint density at radius 1 is 1.36 bits per heavy atom. The van der Waals surface area contributed by atoms with Crippen LogP contribution >= 0.6 is 39.9 Å². The summed E-state index contributed by atoms with van der Waals surface area (Å²) in [5.41, 5.74) is 8.44. The number of H-pyrrole nitrogens is 1. The lowest BCUT2D eigenvalue weighted by Gasteiger charge is -2.27. The van der Waals surface area contributed by atoms with Crippen molar-refractivity contribution in [1.82, 2.24) is 9.88 Å². The molecule has 0 saturated carbocycles. The molecule has 1 fully saturated rings. The van der Waals surface area contributed by atoms with E-state index in [1.807, 2.05) is 6.07 Å². The van der Waals surface area contributed by atoms with Gasteiger partial charge in [0.15, 0.2) is 5.96 Å². The SMILES string of the molecule is I.NC(=NCCc1c[nH]c2cccc(Br)c12)N1CCOCC1. The molecular formula is C15H20BrIN4O. The van der Waals surface area contributed by atoms with Crippen LogP contribution in [0.15, 0.2) is 33.9 Å². The fourth-order valence-corrected chi connectivity index (χ4v) is 3.21. The molecule has 1 aromatic carbocycles. The molecule has 0 spiro atoms. The van der Waals surface area contributed by atoms with Gasteiger partial charge in [0.25, 0.3) is 0 Å². The maximum Gasteiger partial charge on any atom is 0.191 e. The summed E-state index contributed by atoms with van der Waals surface area (Å²) < 4.78 is 6.43. The van der Waals surface area contributed by atoms with E-state index in [-0.39, 0.29) is 24.0 Å². The van der Waals surface area contributed by atoms with E-state index in [4.69, 9.17) is 10.5 Å². The van der Waals surface area contributed by atoms with E-state index in [0.717, 1.165) is 42.7 Å². The molecule has 22 heavy (non-hydrogen) atoms. The highest BCUT2D eigenvalue weighted by atomic mass is 127. The van der Waals surface area contributed by atoms with Gasteiger partial charge in [-0.3, -0.25) is 4.99 Å². The molecule has 1 aliphatic rings. The average Bonchev–Trinajstić information content (AvgIpc) is 2.93. The van der Waals surface area contributed by atoms with Gasteiger partial charge in [-0.25, -0.2) is 0 Å². The molecule has 120 valence electrons. The first-order valence-electron chi connectivity index (χ1n) is 7.13. The Morgan fingerprint density at radius 2 is 2.14 bits per heavy atom. The number of fused-ring (bicyclic) bond motifs is 1. The Kier molecular flexibility index (Phi) is 6.51. The maximum absolute atomic E-state index is 6.03. The summed E-state index contributed by atoms with van der Waals surface area (Å²) in [6.45, 7) is 3.80. The van der Waals surface area contributed by atoms with Gasteiger partial charge in [0.1, 0.15) is 0 Å². The summed E-state index contributed by atoms with van der Waals surface area (Å²) in [4.78, 5) is 9.87. The number of aromatic nitrogens is 1. The molecule has 0 unspecified atom stereocenters. The molecule has 0 aliphatic carbocycles. The molecule has 2 heterocycles. The van der Waals surface area contributed by atoms with Crippen LogP contribution in [0, 0.1) is 0 Å². The third-order valence-corrected chi connectivity index (χ3v) is 4.39. The van der Waals surface area contributed by atoms with Gasteiger partial charge in [-0.05, 0) is 24.1 Å². The number of rotatable bonds is 3. The quantitative estimate of drug-likeness (QED) is 0.405. The Labute approximate surface area is 155 Å². The Morgan fingerprint density at radius 3 is 2.91 bits per heavy atom. The molecule has 1 aliphatic heterocycles. The molecule has 5 nitrogen and oxygen atoms in total. The summed E-state index contributed by atoms with van der Waals surface area (Å²) in [6, 6.07) is 6.17. The van der Waals surface area contributed by atoms with Crippen LogP contribution in [0.1, 0.15) is 5.56 Å². The van der Waals surface area contributed by atoms with Crippen molar-refractivity contribution in [2.75, 3.05) is 32.8 Å². The molecule has 1 aromatic heterocycles. The number of nitrogens with zero attached hydrogens (tertiary/aromatic N) is 2. The van der Waals surface area contributed by atoms with Crippen molar-refractivity contribution in [2.24, 2.45) is 10.7 Å². The van der Waals surface area contributed by atoms with Crippen LogP contribution < -0.4 is 5.73 Å². The predicted molar refractivity (Wildman–Crippen MR) is 104 cm³/mol. The smallest absolute Gasteiger partial charge is 0.191 e. The highest BCUT2D eigenvalue weighted by Gasteiger charge is 2.12. The van der Waals surface area contributed by atoms with Crippen molar-refractivity contribution < 1.29 is 4.74 Å². The monoisotopic (exact) mass is 478 g/mol. The Bertz CT molecular complexity index is 652. The number of aromatic amines is 1. The van der Waals surface area contributed by atoms with Gasteiger partial charge in [-0.15, -0.1) is 24.0 Å². The summed E-state index contributed by atoms with van der Waals surface area (Å²) in [5.74, 6) is 0.622. The fourth-order valence-electron chi connectivity index (χ4n) is 2.59. The lowest BCUT2D eigenvalue weighted by molar-refractivity contribution is 0.0674. The van der Waals surface area contributed by atoms with E-state index in [9.17, 15) is 0 Å². The molecule has 2 aromatic rings. The first kappa shape index (κ1) is 17.6. The number of halogens is 2. The Balaban J connectivity index is 0.00000176. The van der Waals surface area contributed by atoms with Gasteiger partial charge < -0.3 is 20.4 Å². The highest BCUT2D eigenvalue weighted by Crippen LogP contribution is 2.27. The molecule has 0 atom stereocenters. The maximum atomic E-state index is 6.03. The van der Waals surface area contributed by atoms with E-state index in [1.54, 1.807) is 0 Å². The number of nitrogens with two attached hydrogens (primary N) is 1. The second kappa shape index (κ2) is 8.16. The largest absolute Gasteiger partial charge is 0.378 e. The van der Waals surface area contributed by atoms with Crippen LogP contribution in [0.25, 0.3) is 10.9 Å². The van der Waals surface area contributed by atoms with E-state index >= 15 is 0 Å². The second-order valence-electron chi connectivity index (χ2n) is 5.07. The van der Waals surface area contributed by atoms with E-state index in [0.29, 0.717) is 12.5 Å². The molecule has 0 radical (unpaired) electrons. The molecule has 7 heteroatoms. The van der Waals surface area contributed by atoms with E-state index < -0.39 is 0 Å². The highest BCUT2D eigenvalue weighted by molar-refractivity contribution is 14.0. The van der Waals surface area contributed by atoms with Crippen molar-refractivity contribution in [3.8, 4) is 0 Å². The summed E-state index contributed by atoms with van der Waals surface area (Å²) >= 11 is 3.61. The number of aliphatic imine (C=N–C) groups is 1. The van der Waals surface area contributed by atoms with E-state index in [1.165, 1.54) is 10.9 Å². The average molecular weight is 479 g/mol. The number of nitrogens with one attached hydrogen (secondary N) is 1. The van der Waals surface area contributed by atoms with Gasteiger partial charge in [0.05, 0.1) is 13.2 Å². The van der Waals surface area contributed by atoms with Crippen molar-refractivity contribution >= 4 is 56.8 Å². The minimum absolute atomic E-state index is 0. The number of ether oxygens (including phenoxy) is 1. The van der Waals surface area contributed by atoms with Crippen LogP contribution in [0.2, 0.25) is 0 Å². The lowest BCUT2D eigenvalue weighted by Crippen LogP contribution is -2.44. The third-order valence-electron chi connectivity index (χ3n) is 3.73. The Hall–Kier alpha value is -0.800. The third kappa shape index (κ3) is 3.94. The predicted octanol–water partition coefficient (Wildman–Crippen LogP) is 2.74. The van der Waals surface area contributed by atoms with Gasteiger partial charge >= 0.3 is 0 Å². The molecule has 1 saturated heterocycles. The van der Waals surface area contributed by atoms with Gasteiger partial charge in [-0.1, -0.05) is 22.0 Å². The molecule has 3 rings (SSSR count). The molecule has 0 amide bonds. The van der Waals surface area contributed by atoms with Crippen LogP contribution in [-0.2, 0) is 11.2 Å². The number of benzene rings is 1. The first-order valence-corrected chi connectivity index (χ1v) is 7.92. The van der Waals surface area contributed by atoms with Crippen molar-refractivity contribution in [1.29, 1.82) is 0 Å². The lowest BCUT2D eigenvalue weighted by atomic mass is 10.1. The summed E-state index contributed by atoms with van der Waals surface area (Å²) in [7, 11) is 0.